The van der Waals surface area contributed by atoms with E-state index in [9.17, 15) is 10.1 Å². The molecule has 6 nitrogen and oxygen atoms in total. The van der Waals surface area contributed by atoms with E-state index in [0.29, 0.717) is 5.82 Å². The highest BCUT2D eigenvalue weighted by molar-refractivity contribution is 5.80. The van der Waals surface area contributed by atoms with E-state index in [4.69, 9.17) is 5.26 Å². The number of hydrogen-bond acceptors (Lipinski definition) is 4. The van der Waals surface area contributed by atoms with Crippen LogP contribution in [0.3, 0.4) is 0 Å². The molecule has 0 radical (unpaired) electrons. The van der Waals surface area contributed by atoms with Gasteiger partial charge >= 0.3 is 0 Å². The largest absolute Gasteiger partial charge is 0.310 e. The highest BCUT2D eigenvalue weighted by Gasteiger charge is 2.13. The van der Waals surface area contributed by atoms with Gasteiger partial charge in [-0.1, -0.05) is 12.1 Å². The Labute approximate surface area is 120 Å². The summed E-state index contributed by atoms with van der Waals surface area (Å²) in [5, 5.41) is 19.7. The smallest absolute Gasteiger partial charge is 0.269 e. The zero-order valence-corrected chi connectivity index (χ0v) is 10.9. The van der Waals surface area contributed by atoms with Gasteiger partial charge in [0.05, 0.1) is 22.0 Å². The Morgan fingerprint density at radius 3 is 2.57 bits per heavy atom. The second-order valence-electron chi connectivity index (χ2n) is 4.47. The molecule has 3 aromatic rings. The Balaban J connectivity index is 2.17. The van der Waals surface area contributed by atoms with Gasteiger partial charge in [0.2, 0.25) is 0 Å². The number of nitro groups is 1. The topological polar surface area (TPSA) is 84.8 Å². The fourth-order valence-electron chi connectivity index (χ4n) is 2.26. The van der Waals surface area contributed by atoms with E-state index in [1.807, 2.05) is 24.3 Å². The van der Waals surface area contributed by atoms with Gasteiger partial charge in [0.25, 0.3) is 5.69 Å². The van der Waals surface area contributed by atoms with E-state index < -0.39 is 4.92 Å². The van der Waals surface area contributed by atoms with Crippen LogP contribution in [-0.2, 0) is 6.54 Å². The van der Waals surface area contributed by atoms with Gasteiger partial charge in [-0.05, 0) is 24.3 Å². The average molecular weight is 278 g/mol. The van der Waals surface area contributed by atoms with Crippen LogP contribution in [0.4, 0.5) is 5.69 Å². The number of benzene rings is 2. The van der Waals surface area contributed by atoms with E-state index >= 15 is 0 Å². The molecule has 0 saturated heterocycles. The minimum absolute atomic E-state index is 0.0293. The summed E-state index contributed by atoms with van der Waals surface area (Å²) in [6.45, 7) is 0.173. The molecule has 1 aromatic heterocycles. The molecule has 21 heavy (non-hydrogen) atoms. The van der Waals surface area contributed by atoms with E-state index in [-0.39, 0.29) is 12.2 Å². The zero-order chi connectivity index (χ0) is 14.8. The highest BCUT2D eigenvalue weighted by Crippen LogP contribution is 2.26. The van der Waals surface area contributed by atoms with Crippen molar-refractivity contribution in [3.63, 3.8) is 0 Å². The van der Waals surface area contributed by atoms with Crippen molar-refractivity contribution in [2.24, 2.45) is 0 Å². The molecule has 2 aromatic carbocycles. The van der Waals surface area contributed by atoms with Crippen molar-refractivity contribution >= 4 is 16.7 Å². The first-order valence-electron chi connectivity index (χ1n) is 6.28. The molecule has 0 saturated carbocycles. The molecule has 6 heteroatoms. The first-order chi connectivity index (χ1) is 10.2. The number of non-ortho nitro benzene ring substituents is 1. The Kier molecular flexibility index (Phi) is 3.09. The van der Waals surface area contributed by atoms with Gasteiger partial charge in [-0.3, -0.25) is 10.1 Å². The minimum Gasteiger partial charge on any atom is -0.310 e. The predicted octanol–water partition coefficient (Wildman–Crippen LogP) is 3.14. The molecule has 0 aliphatic rings. The molecule has 0 amide bonds. The van der Waals surface area contributed by atoms with Crippen molar-refractivity contribution in [3.8, 4) is 17.5 Å². The molecule has 1 heterocycles. The van der Waals surface area contributed by atoms with Gasteiger partial charge in [0.15, 0.2) is 0 Å². The summed E-state index contributed by atoms with van der Waals surface area (Å²) in [6, 6.07) is 15.8. The maximum absolute atomic E-state index is 10.7. The summed E-state index contributed by atoms with van der Waals surface area (Å²) >= 11 is 0. The standard InChI is InChI=1S/C15H10N4O2/c16-9-10-18-14-4-2-1-3-13(14)17-15(18)11-5-7-12(8-6-11)19(20)21/h1-8H,10H2. The van der Waals surface area contributed by atoms with E-state index in [0.717, 1.165) is 16.6 Å². The lowest BCUT2D eigenvalue weighted by atomic mass is 10.2. The Hall–Kier alpha value is -3.20. The summed E-state index contributed by atoms with van der Waals surface area (Å²) in [6.07, 6.45) is 0. The van der Waals surface area contributed by atoms with Gasteiger partial charge in [-0.2, -0.15) is 5.26 Å². The molecule has 0 aliphatic carbocycles. The number of imidazole rings is 1. The van der Waals surface area contributed by atoms with Gasteiger partial charge < -0.3 is 4.57 Å². The van der Waals surface area contributed by atoms with Crippen LogP contribution in [0.2, 0.25) is 0 Å². The predicted molar refractivity (Wildman–Crippen MR) is 77.4 cm³/mol. The molecule has 0 spiro atoms. The first-order valence-corrected chi connectivity index (χ1v) is 6.28. The molecule has 0 N–H and O–H groups in total. The lowest BCUT2D eigenvalue weighted by Gasteiger charge is -2.04. The molecule has 0 fully saturated rings. The number of fused-ring (bicyclic) bond motifs is 1. The molecular weight excluding hydrogens is 268 g/mol. The van der Waals surface area contributed by atoms with Gasteiger partial charge in [-0.25, -0.2) is 4.98 Å². The van der Waals surface area contributed by atoms with Crippen molar-refractivity contribution in [2.75, 3.05) is 0 Å². The molecule has 0 aliphatic heterocycles. The molecule has 0 bridgehead atoms. The summed E-state index contributed by atoms with van der Waals surface area (Å²) in [7, 11) is 0. The van der Waals surface area contributed by atoms with Crippen LogP contribution in [0, 0.1) is 21.4 Å². The quantitative estimate of drug-likeness (QED) is 0.544. The SMILES string of the molecule is N#CCn1c(-c2ccc([N+](=O)[O-])cc2)nc2ccccc21. The summed E-state index contributed by atoms with van der Waals surface area (Å²) in [4.78, 5) is 14.8. The molecular formula is C15H10N4O2. The highest BCUT2D eigenvalue weighted by atomic mass is 16.6. The Morgan fingerprint density at radius 2 is 1.90 bits per heavy atom. The van der Waals surface area contributed by atoms with Crippen molar-refractivity contribution in [3.05, 3.63) is 58.6 Å². The summed E-state index contributed by atoms with van der Waals surface area (Å²) < 4.78 is 1.80. The maximum atomic E-state index is 10.7. The fraction of sp³-hybridized carbons (Fsp3) is 0.0667. The Bertz CT molecular complexity index is 860. The summed E-state index contributed by atoms with van der Waals surface area (Å²) in [5.74, 6) is 0.632. The third-order valence-electron chi connectivity index (χ3n) is 3.22. The number of nitriles is 1. The van der Waals surface area contributed by atoms with Gasteiger partial charge in [0, 0.05) is 17.7 Å². The fourth-order valence-corrected chi connectivity index (χ4v) is 2.26. The molecule has 0 atom stereocenters. The van der Waals surface area contributed by atoms with Crippen LogP contribution >= 0.6 is 0 Å². The molecule has 102 valence electrons. The van der Waals surface area contributed by atoms with Crippen LogP contribution in [0.15, 0.2) is 48.5 Å². The number of para-hydroxylation sites is 2. The number of nitrogens with zero attached hydrogens (tertiary/aromatic N) is 4. The van der Waals surface area contributed by atoms with Gasteiger partial charge in [0.1, 0.15) is 12.4 Å². The first kappa shape index (κ1) is 12.8. The number of hydrogen-bond donors (Lipinski definition) is 0. The van der Waals surface area contributed by atoms with Crippen LogP contribution < -0.4 is 0 Å². The number of rotatable bonds is 3. The second kappa shape index (κ2) is 5.06. The normalized spacial score (nSPS) is 10.4. The van der Waals surface area contributed by atoms with Crippen molar-refractivity contribution in [2.45, 2.75) is 6.54 Å². The van der Waals surface area contributed by atoms with E-state index in [1.165, 1.54) is 12.1 Å². The van der Waals surface area contributed by atoms with Crippen LogP contribution in [0.5, 0.6) is 0 Å². The van der Waals surface area contributed by atoms with Crippen LogP contribution in [0.1, 0.15) is 0 Å². The second-order valence-corrected chi connectivity index (χ2v) is 4.47. The van der Waals surface area contributed by atoms with Crippen LogP contribution in [0.25, 0.3) is 22.4 Å². The minimum atomic E-state index is -0.442. The van der Waals surface area contributed by atoms with E-state index in [2.05, 4.69) is 11.1 Å². The lowest BCUT2D eigenvalue weighted by Crippen LogP contribution is -1.98. The van der Waals surface area contributed by atoms with Crippen molar-refractivity contribution < 1.29 is 4.92 Å². The van der Waals surface area contributed by atoms with Crippen molar-refractivity contribution in [1.29, 1.82) is 5.26 Å². The number of nitro benzene ring substituents is 1. The zero-order valence-electron chi connectivity index (χ0n) is 10.9. The monoisotopic (exact) mass is 278 g/mol. The summed E-state index contributed by atoms with van der Waals surface area (Å²) in [5.41, 5.74) is 2.43. The maximum Gasteiger partial charge on any atom is 0.269 e. The lowest BCUT2D eigenvalue weighted by molar-refractivity contribution is -0.384. The van der Waals surface area contributed by atoms with E-state index in [1.54, 1.807) is 16.7 Å². The number of aromatic nitrogens is 2. The molecule has 3 rings (SSSR count). The molecule has 0 unspecified atom stereocenters. The third-order valence-corrected chi connectivity index (χ3v) is 3.22. The van der Waals surface area contributed by atoms with Crippen LogP contribution in [-0.4, -0.2) is 14.5 Å². The van der Waals surface area contributed by atoms with Gasteiger partial charge in [-0.15, -0.1) is 0 Å². The Morgan fingerprint density at radius 1 is 1.19 bits per heavy atom. The van der Waals surface area contributed by atoms with Crippen molar-refractivity contribution in [1.82, 2.24) is 9.55 Å². The average Bonchev–Trinajstić information content (AvgIpc) is 2.87. The third kappa shape index (κ3) is 2.21.